The van der Waals surface area contributed by atoms with Crippen molar-refractivity contribution in [3.63, 3.8) is 0 Å². The van der Waals surface area contributed by atoms with Gasteiger partial charge in [0, 0.05) is 25.2 Å². The zero-order valence-corrected chi connectivity index (χ0v) is 15.1. The molecule has 0 unspecified atom stereocenters. The molecule has 6 nitrogen and oxygen atoms in total. The minimum absolute atomic E-state index is 0.0496. The molecule has 2 aromatic rings. The Morgan fingerprint density at radius 3 is 2.64 bits per heavy atom. The number of hydrogen-bond donors (Lipinski definition) is 2. The van der Waals surface area contributed by atoms with Crippen LogP contribution >= 0.6 is 11.6 Å². The molecule has 0 amide bonds. The largest absolute Gasteiger partial charge is 0.494 e. The Labute approximate surface area is 152 Å². The van der Waals surface area contributed by atoms with Crippen molar-refractivity contribution in [2.24, 2.45) is 0 Å². The van der Waals surface area contributed by atoms with Crippen LogP contribution < -0.4 is 15.8 Å². The molecule has 3 rings (SSSR count). The van der Waals surface area contributed by atoms with Crippen molar-refractivity contribution in [3.05, 3.63) is 41.2 Å². The standard InChI is InChI=1S/C18H23ClN4O2/c1-2-25-14-5-3-13(4-6-14)18(7-9-24-10-8-18)11-21-17-15(19)16(20)22-12-23-17/h3-6,12H,2,7-11H2,1H3,(H3,20,21,22,23). The van der Waals surface area contributed by atoms with Gasteiger partial charge in [-0.1, -0.05) is 23.7 Å². The summed E-state index contributed by atoms with van der Waals surface area (Å²) in [6.45, 7) is 4.80. The number of anilines is 2. The summed E-state index contributed by atoms with van der Waals surface area (Å²) in [6.07, 6.45) is 3.26. The quantitative estimate of drug-likeness (QED) is 0.820. The lowest BCUT2D eigenvalue weighted by Crippen LogP contribution is -2.40. The van der Waals surface area contributed by atoms with E-state index in [9.17, 15) is 0 Å². The number of nitrogens with one attached hydrogen (secondary N) is 1. The van der Waals surface area contributed by atoms with Gasteiger partial charge in [0.15, 0.2) is 0 Å². The third-order valence-electron chi connectivity index (χ3n) is 4.64. The van der Waals surface area contributed by atoms with Crippen molar-refractivity contribution < 1.29 is 9.47 Å². The molecule has 1 aliphatic heterocycles. The zero-order chi connectivity index (χ0) is 17.7. The molecular formula is C18H23ClN4O2. The van der Waals surface area contributed by atoms with E-state index in [0.29, 0.717) is 24.0 Å². The number of halogens is 1. The van der Waals surface area contributed by atoms with Crippen LogP contribution in [0, 0.1) is 0 Å². The predicted molar refractivity (Wildman–Crippen MR) is 99.3 cm³/mol. The molecule has 25 heavy (non-hydrogen) atoms. The second-order valence-corrected chi connectivity index (χ2v) is 6.50. The molecule has 0 spiro atoms. The number of nitrogens with zero attached hydrogens (tertiary/aromatic N) is 2. The van der Waals surface area contributed by atoms with Crippen LogP contribution in [0.5, 0.6) is 5.75 Å². The van der Waals surface area contributed by atoms with Crippen LogP contribution in [0.1, 0.15) is 25.3 Å². The summed E-state index contributed by atoms with van der Waals surface area (Å²) in [6, 6.07) is 8.30. The highest BCUT2D eigenvalue weighted by molar-refractivity contribution is 6.35. The van der Waals surface area contributed by atoms with Crippen molar-refractivity contribution in [2.45, 2.75) is 25.2 Å². The average molecular weight is 363 g/mol. The number of benzene rings is 1. The molecule has 1 aromatic heterocycles. The van der Waals surface area contributed by atoms with Gasteiger partial charge in [0.2, 0.25) is 0 Å². The smallest absolute Gasteiger partial charge is 0.150 e. The van der Waals surface area contributed by atoms with Crippen molar-refractivity contribution >= 4 is 23.2 Å². The Morgan fingerprint density at radius 1 is 1.24 bits per heavy atom. The molecule has 0 aliphatic carbocycles. The van der Waals surface area contributed by atoms with Crippen LogP contribution in [0.25, 0.3) is 0 Å². The molecule has 7 heteroatoms. The van der Waals surface area contributed by atoms with Gasteiger partial charge in [-0.15, -0.1) is 0 Å². The van der Waals surface area contributed by atoms with Gasteiger partial charge in [0.1, 0.15) is 28.7 Å². The highest BCUT2D eigenvalue weighted by Gasteiger charge is 2.34. The van der Waals surface area contributed by atoms with E-state index in [2.05, 4.69) is 27.4 Å². The summed E-state index contributed by atoms with van der Waals surface area (Å²) in [5.41, 5.74) is 6.97. The third-order valence-corrected chi connectivity index (χ3v) is 5.01. The van der Waals surface area contributed by atoms with Crippen LogP contribution in [-0.2, 0) is 10.2 Å². The summed E-state index contributed by atoms with van der Waals surface area (Å²) < 4.78 is 11.1. The van der Waals surface area contributed by atoms with Crippen LogP contribution in [0.2, 0.25) is 5.02 Å². The normalized spacial score (nSPS) is 16.4. The maximum atomic E-state index is 6.20. The molecule has 1 saturated heterocycles. The fraction of sp³-hybridized carbons (Fsp3) is 0.444. The van der Waals surface area contributed by atoms with Crippen molar-refractivity contribution in [2.75, 3.05) is 37.4 Å². The maximum absolute atomic E-state index is 6.20. The first-order valence-electron chi connectivity index (χ1n) is 8.45. The lowest BCUT2D eigenvalue weighted by Gasteiger charge is -2.38. The first-order chi connectivity index (χ1) is 12.1. The minimum atomic E-state index is -0.0496. The lowest BCUT2D eigenvalue weighted by molar-refractivity contribution is 0.0543. The van der Waals surface area contributed by atoms with Gasteiger partial charge >= 0.3 is 0 Å². The monoisotopic (exact) mass is 362 g/mol. The molecule has 0 saturated carbocycles. The Morgan fingerprint density at radius 2 is 1.96 bits per heavy atom. The van der Waals surface area contributed by atoms with Crippen LogP contribution in [0.4, 0.5) is 11.6 Å². The lowest BCUT2D eigenvalue weighted by atomic mass is 9.74. The molecule has 1 fully saturated rings. The van der Waals surface area contributed by atoms with E-state index < -0.39 is 0 Å². The summed E-state index contributed by atoms with van der Waals surface area (Å²) in [5.74, 6) is 1.72. The van der Waals surface area contributed by atoms with E-state index in [1.165, 1.54) is 11.9 Å². The summed E-state index contributed by atoms with van der Waals surface area (Å²) in [7, 11) is 0. The molecule has 0 radical (unpaired) electrons. The second-order valence-electron chi connectivity index (χ2n) is 6.13. The summed E-state index contributed by atoms with van der Waals surface area (Å²) >= 11 is 6.20. The van der Waals surface area contributed by atoms with Gasteiger partial charge in [-0.05, 0) is 37.5 Å². The molecule has 1 aromatic carbocycles. The minimum Gasteiger partial charge on any atom is -0.494 e. The highest BCUT2D eigenvalue weighted by Crippen LogP contribution is 2.36. The molecule has 1 aliphatic rings. The number of nitrogens with two attached hydrogens (primary N) is 1. The summed E-state index contributed by atoms with van der Waals surface area (Å²) in [4.78, 5) is 8.10. The van der Waals surface area contributed by atoms with E-state index in [1.54, 1.807) is 0 Å². The maximum Gasteiger partial charge on any atom is 0.150 e. The van der Waals surface area contributed by atoms with Gasteiger partial charge in [0.05, 0.1) is 6.61 Å². The molecular weight excluding hydrogens is 340 g/mol. The van der Waals surface area contributed by atoms with Crippen LogP contribution in [0.15, 0.2) is 30.6 Å². The molecule has 0 bridgehead atoms. The molecule has 134 valence electrons. The zero-order valence-electron chi connectivity index (χ0n) is 14.3. The van der Waals surface area contributed by atoms with Gasteiger partial charge < -0.3 is 20.5 Å². The Balaban J connectivity index is 1.82. The first-order valence-corrected chi connectivity index (χ1v) is 8.83. The van der Waals surface area contributed by atoms with Crippen molar-refractivity contribution in [3.8, 4) is 5.75 Å². The predicted octanol–water partition coefficient (Wildman–Crippen LogP) is 3.27. The van der Waals surface area contributed by atoms with Gasteiger partial charge in [-0.25, -0.2) is 9.97 Å². The van der Waals surface area contributed by atoms with Crippen molar-refractivity contribution in [1.82, 2.24) is 9.97 Å². The topological polar surface area (TPSA) is 82.3 Å². The fourth-order valence-electron chi connectivity index (χ4n) is 3.16. The number of hydrogen-bond acceptors (Lipinski definition) is 6. The molecule has 2 heterocycles. The number of aromatic nitrogens is 2. The first kappa shape index (κ1) is 17.8. The Kier molecular flexibility index (Phi) is 5.60. The van der Waals surface area contributed by atoms with E-state index in [-0.39, 0.29) is 11.2 Å². The number of nitrogen functional groups attached to an aromatic ring is 1. The van der Waals surface area contributed by atoms with Gasteiger partial charge in [-0.3, -0.25) is 0 Å². The average Bonchev–Trinajstić information content (AvgIpc) is 2.65. The van der Waals surface area contributed by atoms with E-state index in [0.717, 1.165) is 31.8 Å². The van der Waals surface area contributed by atoms with E-state index >= 15 is 0 Å². The molecule has 0 atom stereocenters. The number of rotatable bonds is 6. The highest BCUT2D eigenvalue weighted by atomic mass is 35.5. The Bertz CT molecular complexity index is 703. The SMILES string of the molecule is CCOc1ccc(C2(CNc3ncnc(N)c3Cl)CCOCC2)cc1. The number of ether oxygens (including phenoxy) is 2. The molecule has 3 N–H and O–H groups in total. The van der Waals surface area contributed by atoms with Crippen LogP contribution in [0.3, 0.4) is 0 Å². The van der Waals surface area contributed by atoms with E-state index in [4.69, 9.17) is 26.8 Å². The van der Waals surface area contributed by atoms with Gasteiger partial charge in [-0.2, -0.15) is 0 Å². The van der Waals surface area contributed by atoms with Crippen molar-refractivity contribution in [1.29, 1.82) is 0 Å². The Hall–Kier alpha value is -2.05. The van der Waals surface area contributed by atoms with E-state index in [1.807, 2.05) is 19.1 Å². The van der Waals surface area contributed by atoms with Gasteiger partial charge in [0.25, 0.3) is 0 Å². The van der Waals surface area contributed by atoms with Crippen LogP contribution in [-0.4, -0.2) is 36.3 Å². The second kappa shape index (κ2) is 7.89. The summed E-state index contributed by atoms with van der Waals surface area (Å²) in [5, 5.41) is 3.71. The fourth-order valence-corrected chi connectivity index (χ4v) is 3.33. The third kappa shape index (κ3) is 3.96.